The number of hydrogen-bond acceptors (Lipinski definition) is 2. The SMILES string of the molecule is CC1=CC2=C(C=CC1)C(=O)C(=O)C=C2CCC1CCC(C)CC1. The molecule has 0 atom stereocenters. The third-order valence-corrected chi connectivity index (χ3v) is 5.48. The van der Waals surface area contributed by atoms with Gasteiger partial charge in [0, 0.05) is 5.57 Å². The van der Waals surface area contributed by atoms with Crippen LogP contribution in [0.2, 0.25) is 0 Å². The average molecular weight is 310 g/mol. The molecule has 2 heteroatoms. The van der Waals surface area contributed by atoms with Gasteiger partial charge in [-0.3, -0.25) is 9.59 Å². The van der Waals surface area contributed by atoms with E-state index in [4.69, 9.17) is 0 Å². The van der Waals surface area contributed by atoms with Crippen LogP contribution in [0.15, 0.2) is 46.6 Å². The number of carbonyl (C=O) groups is 2. The zero-order valence-electron chi connectivity index (χ0n) is 14.2. The molecule has 122 valence electrons. The van der Waals surface area contributed by atoms with Gasteiger partial charge in [0.25, 0.3) is 0 Å². The van der Waals surface area contributed by atoms with E-state index < -0.39 is 0 Å². The highest BCUT2D eigenvalue weighted by Crippen LogP contribution is 2.35. The first kappa shape index (κ1) is 16.2. The minimum absolute atomic E-state index is 0.350. The molecule has 0 heterocycles. The second-order valence-electron chi connectivity index (χ2n) is 7.45. The van der Waals surface area contributed by atoms with Crippen LogP contribution < -0.4 is 0 Å². The Bertz CT molecular complexity index is 635. The van der Waals surface area contributed by atoms with Gasteiger partial charge in [0.05, 0.1) is 0 Å². The molecule has 0 N–H and O–H groups in total. The standard InChI is InChI=1S/C21H26O2/c1-14-6-8-16(9-7-14)10-11-17-13-20(22)21(23)18-5-3-4-15(2)12-19(17)18/h3,5,12-14,16H,4,6-11H2,1-2H3. The van der Waals surface area contributed by atoms with E-state index in [9.17, 15) is 9.59 Å². The van der Waals surface area contributed by atoms with E-state index in [1.807, 2.05) is 12.2 Å². The highest BCUT2D eigenvalue weighted by atomic mass is 16.2. The van der Waals surface area contributed by atoms with Crippen LogP contribution >= 0.6 is 0 Å². The van der Waals surface area contributed by atoms with E-state index >= 15 is 0 Å². The quantitative estimate of drug-likeness (QED) is 0.550. The summed E-state index contributed by atoms with van der Waals surface area (Å²) in [6, 6.07) is 0. The molecule has 0 aromatic carbocycles. The molecule has 0 aromatic heterocycles. The van der Waals surface area contributed by atoms with Crippen molar-refractivity contribution in [2.45, 2.75) is 58.8 Å². The van der Waals surface area contributed by atoms with Crippen LogP contribution in [0, 0.1) is 11.8 Å². The summed E-state index contributed by atoms with van der Waals surface area (Å²) in [6.45, 7) is 4.42. The summed E-state index contributed by atoms with van der Waals surface area (Å²) in [5, 5.41) is 0. The molecule has 0 spiro atoms. The summed E-state index contributed by atoms with van der Waals surface area (Å²) in [7, 11) is 0. The minimum Gasteiger partial charge on any atom is -0.286 e. The third kappa shape index (κ3) is 3.63. The van der Waals surface area contributed by atoms with Gasteiger partial charge < -0.3 is 0 Å². The first-order valence-electron chi connectivity index (χ1n) is 8.92. The minimum atomic E-state index is -0.353. The number of carbonyl (C=O) groups excluding carboxylic acids is 2. The van der Waals surface area contributed by atoms with Gasteiger partial charge in [0.2, 0.25) is 11.6 Å². The molecule has 3 aliphatic carbocycles. The predicted molar refractivity (Wildman–Crippen MR) is 93.0 cm³/mol. The first-order chi connectivity index (χ1) is 11.0. The van der Waals surface area contributed by atoms with Gasteiger partial charge in [-0.15, -0.1) is 0 Å². The molecule has 0 amide bonds. The first-order valence-corrected chi connectivity index (χ1v) is 8.92. The fourth-order valence-corrected chi connectivity index (χ4v) is 3.92. The van der Waals surface area contributed by atoms with Crippen LogP contribution in [0.4, 0.5) is 0 Å². The zero-order chi connectivity index (χ0) is 16.4. The Kier molecular flexibility index (Phi) is 4.79. The monoisotopic (exact) mass is 310 g/mol. The lowest BCUT2D eigenvalue weighted by Crippen LogP contribution is -2.20. The van der Waals surface area contributed by atoms with Gasteiger partial charge >= 0.3 is 0 Å². The predicted octanol–water partition coefficient (Wildman–Crippen LogP) is 4.87. The van der Waals surface area contributed by atoms with Gasteiger partial charge in [0.1, 0.15) is 0 Å². The molecule has 0 radical (unpaired) electrons. The van der Waals surface area contributed by atoms with Crippen molar-refractivity contribution in [2.75, 3.05) is 0 Å². The van der Waals surface area contributed by atoms with Crippen molar-refractivity contribution in [2.24, 2.45) is 11.8 Å². The Hall–Kier alpha value is -1.70. The van der Waals surface area contributed by atoms with Crippen molar-refractivity contribution in [3.63, 3.8) is 0 Å². The Balaban J connectivity index is 1.77. The average Bonchev–Trinajstić information content (AvgIpc) is 2.73. The lowest BCUT2D eigenvalue weighted by atomic mass is 9.78. The van der Waals surface area contributed by atoms with Crippen LogP contribution in [0.3, 0.4) is 0 Å². The molecule has 3 rings (SSSR count). The van der Waals surface area contributed by atoms with Crippen LogP contribution in [0.25, 0.3) is 0 Å². The van der Waals surface area contributed by atoms with Crippen molar-refractivity contribution in [1.29, 1.82) is 0 Å². The van der Waals surface area contributed by atoms with Crippen LogP contribution in [0.5, 0.6) is 0 Å². The highest BCUT2D eigenvalue weighted by molar-refractivity contribution is 6.49. The summed E-state index contributed by atoms with van der Waals surface area (Å²) in [4.78, 5) is 24.2. The summed E-state index contributed by atoms with van der Waals surface area (Å²) in [5.74, 6) is 0.938. The van der Waals surface area contributed by atoms with E-state index in [1.165, 1.54) is 31.3 Å². The fourth-order valence-electron chi connectivity index (χ4n) is 3.92. The van der Waals surface area contributed by atoms with E-state index in [-0.39, 0.29) is 11.6 Å². The smallest absolute Gasteiger partial charge is 0.233 e. The summed E-state index contributed by atoms with van der Waals surface area (Å²) < 4.78 is 0. The van der Waals surface area contributed by atoms with Crippen molar-refractivity contribution in [1.82, 2.24) is 0 Å². The largest absolute Gasteiger partial charge is 0.286 e. The number of allylic oxidation sites excluding steroid dienone is 8. The van der Waals surface area contributed by atoms with Crippen LogP contribution in [0.1, 0.15) is 58.8 Å². The van der Waals surface area contributed by atoms with Crippen LogP contribution in [-0.4, -0.2) is 11.6 Å². The molecule has 3 aliphatic rings. The number of hydrogen-bond donors (Lipinski definition) is 0. The Labute approximate surface area is 139 Å². The molecule has 0 aromatic rings. The number of Topliss-reactive ketones (excluding diaryl/α,β-unsaturated/α-hetero) is 1. The molecule has 0 unspecified atom stereocenters. The van der Waals surface area contributed by atoms with Crippen molar-refractivity contribution >= 4 is 11.6 Å². The number of ketones is 2. The van der Waals surface area contributed by atoms with E-state index in [0.29, 0.717) is 5.57 Å². The van der Waals surface area contributed by atoms with Crippen molar-refractivity contribution in [3.05, 3.63) is 46.6 Å². The van der Waals surface area contributed by atoms with Crippen molar-refractivity contribution < 1.29 is 9.59 Å². The lowest BCUT2D eigenvalue weighted by Gasteiger charge is -2.27. The summed E-state index contributed by atoms with van der Waals surface area (Å²) in [6.07, 6.45) is 15.7. The molecular weight excluding hydrogens is 284 g/mol. The highest BCUT2D eigenvalue weighted by Gasteiger charge is 2.27. The molecule has 23 heavy (non-hydrogen) atoms. The van der Waals surface area contributed by atoms with Gasteiger partial charge in [0.15, 0.2) is 0 Å². The lowest BCUT2D eigenvalue weighted by molar-refractivity contribution is -0.131. The van der Waals surface area contributed by atoms with Gasteiger partial charge in [-0.2, -0.15) is 0 Å². The maximum atomic E-state index is 12.2. The Morgan fingerprint density at radius 2 is 1.78 bits per heavy atom. The maximum absolute atomic E-state index is 12.2. The summed E-state index contributed by atoms with van der Waals surface area (Å²) >= 11 is 0. The number of rotatable bonds is 3. The van der Waals surface area contributed by atoms with Gasteiger partial charge in [-0.05, 0) is 55.2 Å². The normalized spacial score (nSPS) is 28.3. The molecule has 0 aliphatic heterocycles. The molecule has 1 fully saturated rings. The zero-order valence-corrected chi connectivity index (χ0v) is 14.2. The van der Waals surface area contributed by atoms with Gasteiger partial charge in [-0.1, -0.05) is 56.4 Å². The topological polar surface area (TPSA) is 34.1 Å². The molecule has 1 saturated carbocycles. The second-order valence-corrected chi connectivity index (χ2v) is 7.45. The van der Waals surface area contributed by atoms with E-state index in [1.54, 1.807) is 6.08 Å². The molecule has 0 bridgehead atoms. The van der Waals surface area contributed by atoms with E-state index in [0.717, 1.165) is 42.2 Å². The third-order valence-electron chi connectivity index (χ3n) is 5.48. The van der Waals surface area contributed by atoms with Crippen LogP contribution in [-0.2, 0) is 9.59 Å². The Morgan fingerprint density at radius 3 is 2.52 bits per heavy atom. The maximum Gasteiger partial charge on any atom is 0.233 e. The molecule has 2 nitrogen and oxygen atoms in total. The van der Waals surface area contributed by atoms with Gasteiger partial charge in [-0.25, -0.2) is 0 Å². The van der Waals surface area contributed by atoms with Crippen molar-refractivity contribution in [3.8, 4) is 0 Å². The Morgan fingerprint density at radius 1 is 1.04 bits per heavy atom. The molecule has 0 saturated heterocycles. The molecular formula is C21H26O2. The van der Waals surface area contributed by atoms with E-state index in [2.05, 4.69) is 19.9 Å². The summed E-state index contributed by atoms with van der Waals surface area (Å²) in [5.41, 5.74) is 3.89. The second kappa shape index (κ2) is 6.82. The fraction of sp³-hybridized carbons (Fsp3) is 0.524.